The topological polar surface area (TPSA) is 39.1 Å². The van der Waals surface area contributed by atoms with E-state index < -0.39 is 0 Å². The van der Waals surface area contributed by atoms with E-state index in [1.165, 1.54) is 18.5 Å². The van der Waals surface area contributed by atoms with E-state index in [2.05, 4.69) is 23.2 Å². The van der Waals surface area contributed by atoms with Crippen molar-refractivity contribution in [2.24, 2.45) is 0 Å². The van der Waals surface area contributed by atoms with Crippen LogP contribution in [-0.2, 0) is 0 Å². The summed E-state index contributed by atoms with van der Waals surface area (Å²) in [6.45, 7) is 5.38. The Bertz CT molecular complexity index is 385. The predicted molar refractivity (Wildman–Crippen MR) is 70.1 cm³/mol. The maximum absolute atomic E-state index is 8.78. The van der Waals surface area contributed by atoms with Crippen LogP contribution in [0, 0.1) is 11.3 Å². The second kappa shape index (κ2) is 5.70. The summed E-state index contributed by atoms with van der Waals surface area (Å²) in [6, 6.07) is 10.6. The third kappa shape index (κ3) is 2.98. The van der Waals surface area contributed by atoms with Crippen molar-refractivity contribution in [1.29, 1.82) is 5.26 Å². The van der Waals surface area contributed by atoms with Crippen LogP contribution in [0.25, 0.3) is 0 Å². The van der Waals surface area contributed by atoms with Crippen LogP contribution >= 0.6 is 0 Å². The molecule has 0 radical (unpaired) electrons. The van der Waals surface area contributed by atoms with Crippen LogP contribution in [0.5, 0.6) is 0 Å². The Hall–Kier alpha value is -1.53. The summed E-state index contributed by atoms with van der Waals surface area (Å²) < 4.78 is 0. The molecule has 0 saturated carbocycles. The minimum absolute atomic E-state index is 0.616. The Kier molecular flexibility index (Phi) is 4.00. The lowest BCUT2D eigenvalue weighted by molar-refractivity contribution is 0.586. The SMILES string of the molecule is CCN(CC1CCCN1)c1ccc(C#N)cc1. The molecular weight excluding hydrogens is 210 g/mol. The second-order valence-corrected chi connectivity index (χ2v) is 4.49. The van der Waals surface area contributed by atoms with Gasteiger partial charge in [0.1, 0.15) is 0 Å². The van der Waals surface area contributed by atoms with Crippen LogP contribution in [0.1, 0.15) is 25.3 Å². The fourth-order valence-electron chi connectivity index (χ4n) is 2.34. The van der Waals surface area contributed by atoms with E-state index in [9.17, 15) is 0 Å². The Morgan fingerprint density at radius 2 is 2.18 bits per heavy atom. The van der Waals surface area contributed by atoms with E-state index in [0.29, 0.717) is 6.04 Å². The highest BCUT2D eigenvalue weighted by Gasteiger charge is 2.17. The first-order chi connectivity index (χ1) is 8.33. The highest BCUT2D eigenvalue weighted by atomic mass is 15.2. The van der Waals surface area contributed by atoms with Crippen molar-refractivity contribution in [3.63, 3.8) is 0 Å². The van der Waals surface area contributed by atoms with Gasteiger partial charge in [-0.05, 0) is 50.6 Å². The molecule has 0 bridgehead atoms. The van der Waals surface area contributed by atoms with E-state index in [1.54, 1.807) is 0 Å². The zero-order valence-corrected chi connectivity index (χ0v) is 10.3. The average molecular weight is 229 g/mol. The number of nitrogens with one attached hydrogen (secondary N) is 1. The normalized spacial score (nSPS) is 18.9. The number of rotatable bonds is 4. The lowest BCUT2D eigenvalue weighted by Gasteiger charge is -2.26. The molecule has 1 aromatic carbocycles. The molecule has 90 valence electrons. The van der Waals surface area contributed by atoms with Gasteiger partial charge in [0, 0.05) is 24.8 Å². The Labute approximate surface area is 103 Å². The molecule has 1 unspecified atom stereocenters. The van der Waals surface area contributed by atoms with Gasteiger partial charge in [0.15, 0.2) is 0 Å². The van der Waals surface area contributed by atoms with Gasteiger partial charge >= 0.3 is 0 Å². The molecule has 3 heteroatoms. The van der Waals surface area contributed by atoms with Crippen molar-refractivity contribution in [2.45, 2.75) is 25.8 Å². The molecule has 0 amide bonds. The lowest BCUT2D eigenvalue weighted by atomic mass is 10.1. The van der Waals surface area contributed by atoms with Crippen LogP contribution in [0.2, 0.25) is 0 Å². The molecule has 2 rings (SSSR count). The molecule has 17 heavy (non-hydrogen) atoms. The van der Waals surface area contributed by atoms with Gasteiger partial charge in [-0.3, -0.25) is 0 Å². The highest BCUT2D eigenvalue weighted by molar-refractivity contribution is 5.49. The Balaban J connectivity index is 2.03. The molecule has 1 aromatic rings. The summed E-state index contributed by atoms with van der Waals surface area (Å²) in [4.78, 5) is 2.37. The monoisotopic (exact) mass is 229 g/mol. The number of anilines is 1. The number of nitrogens with zero attached hydrogens (tertiary/aromatic N) is 2. The van der Waals surface area contributed by atoms with Crippen LogP contribution < -0.4 is 10.2 Å². The first-order valence-electron chi connectivity index (χ1n) is 6.32. The first-order valence-corrected chi connectivity index (χ1v) is 6.32. The van der Waals surface area contributed by atoms with E-state index >= 15 is 0 Å². The summed E-state index contributed by atoms with van der Waals surface area (Å²) in [5.74, 6) is 0. The third-order valence-electron chi connectivity index (χ3n) is 3.35. The summed E-state index contributed by atoms with van der Waals surface area (Å²) >= 11 is 0. The molecule has 1 fully saturated rings. The Morgan fingerprint density at radius 1 is 1.41 bits per heavy atom. The summed E-state index contributed by atoms with van der Waals surface area (Å²) in [5, 5.41) is 12.3. The second-order valence-electron chi connectivity index (χ2n) is 4.49. The van der Waals surface area contributed by atoms with E-state index in [0.717, 1.165) is 25.2 Å². The quantitative estimate of drug-likeness (QED) is 0.859. The minimum atomic E-state index is 0.616. The molecular formula is C14H19N3. The molecule has 1 heterocycles. The van der Waals surface area contributed by atoms with Crippen molar-refractivity contribution in [2.75, 3.05) is 24.5 Å². The number of nitriles is 1. The average Bonchev–Trinajstić information content (AvgIpc) is 2.89. The summed E-state index contributed by atoms with van der Waals surface area (Å²) in [5.41, 5.74) is 1.93. The van der Waals surface area contributed by atoms with Crippen LogP contribution in [0.3, 0.4) is 0 Å². The molecule has 3 nitrogen and oxygen atoms in total. The van der Waals surface area contributed by atoms with Crippen molar-refractivity contribution in [3.8, 4) is 6.07 Å². The van der Waals surface area contributed by atoms with E-state index in [4.69, 9.17) is 5.26 Å². The number of benzene rings is 1. The zero-order valence-electron chi connectivity index (χ0n) is 10.3. The van der Waals surface area contributed by atoms with Crippen molar-refractivity contribution in [1.82, 2.24) is 5.32 Å². The van der Waals surface area contributed by atoms with Gasteiger partial charge in [-0.2, -0.15) is 5.26 Å². The molecule has 0 aliphatic carbocycles. The van der Waals surface area contributed by atoms with Crippen molar-refractivity contribution < 1.29 is 0 Å². The molecule has 1 atom stereocenters. The van der Waals surface area contributed by atoms with Crippen molar-refractivity contribution >= 4 is 5.69 Å². The molecule has 1 aliphatic heterocycles. The van der Waals surface area contributed by atoms with Gasteiger partial charge in [-0.1, -0.05) is 0 Å². The van der Waals surface area contributed by atoms with Crippen LogP contribution in [-0.4, -0.2) is 25.7 Å². The van der Waals surface area contributed by atoms with Gasteiger partial charge in [0.05, 0.1) is 11.6 Å². The number of hydrogen-bond acceptors (Lipinski definition) is 3. The molecule has 1 saturated heterocycles. The zero-order chi connectivity index (χ0) is 12.1. The molecule has 0 spiro atoms. The number of hydrogen-bond donors (Lipinski definition) is 1. The standard InChI is InChI=1S/C14H19N3/c1-2-17(11-13-4-3-9-16-13)14-7-5-12(10-15)6-8-14/h5-8,13,16H,2-4,9,11H2,1H3. The van der Waals surface area contributed by atoms with E-state index in [1.807, 2.05) is 24.3 Å². The molecule has 0 aromatic heterocycles. The lowest BCUT2D eigenvalue weighted by Crippen LogP contribution is -2.37. The number of likely N-dealkylation sites (N-methyl/N-ethyl adjacent to an activating group) is 1. The molecule has 1 aliphatic rings. The van der Waals surface area contributed by atoms with Gasteiger partial charge in [0.25, 0.3) is 0 Å². The third-order valence-corrected chi connectivity index (χ3v) is 3.35. The van der Waals surface area contributed by atoms with Crippen LogP contribution in [0.4, 0.5) is 5.69 Å². The Morgan fingerprint density at radius 3 is 2.71 bits per heavy atom. The minimum Gasteiger partial charge on any atom is -0.370 e. The summed E-state index contributed by atoms with van der Waals surface area (Å²) in [7, 11) is 0. The largest absolute Gasteiger partial charge is 0.370 e. The highest BCUT2D eigenvalue weighted by Crippen LogP contribution is 2.17. The predicted octanol–water partition coefficient (Wildman–Crippen LogP) is 2.14. The maximum Gasteiger partial charge on any atom is 0.0991 e. The fourth-order valence-corrected chi connectivity index (χ4v) is 2.34. The van der Waals surface area contributed by atoms with Gasteiger partial charge < -0.3 is 10.2 Å². The fraction of sp³-hybridized carbons (Fsp3) is 0.500. The first kappa shape index (κ1) is 11.9. The van der Waals surface area contributed by atoms with E-state index in [-0.39, 0.29) is 0 Å². The maximum atomic E-state index is 8.78. The van der Waals surface area contributed by atoms with Gasteiger partial charge in [-0.15, -0.1) is 0 Å². The molecule has 1 N–H and O–H groups in total. The summed E-state index contributed by atoms with van der Waals surface area (Å²) in [6.07, 6.45) is 2.56. The van der Waals surface area contributed by atoms with Gasteiger partial charge in [0.2, 0.25) is 0 Å². The smallest absolute Gasteiger partial charge is 0.0991 e. The van der Waals surface area contributed by atoms with Gasteiger partial charge in [-0.25, -0.2) is 0 Å². The van der Waals surface area contributed by atoms with Crippen molar-refractivity contribution in [3.05, 3.63) is 29.8 Å². The van der Waals surface area contributed by atoms with Crippen LogP contribution in [0.15, 0.2) is 24.3 Å².